The Hall–Kier alpha value is -2.15. The number of aliphatic hydroxyl groups excluding tert-OH is 1. The van der Waals surface area contributed by atoms with E-state index in [0.29, 0.717) is 13.1 Å². The number of aromatic nitrogens is 1. The van der Waals surface area contributed by atoms with Gasteiger partial charge in [0.15, 0.2) is 0 Å². The minimum atomic E-state index is -1.08. The number of pyridine rings is 1. The summed E-state index contributed by atoms with van der Waals surface area (Å²) < 4.78 is 0. The lowest BCUT2D eigenvalue weighted by Crippen LogP contribution is -2.47. The number of carbonyl (C=O) groups excluding carboxylic acids is 1. The second-order valence-electron chi connectivity index (χ2n) is 5.05. The fraction of sp³-hybridized carbons (Fsp3) is 0.500. The average Bonchev–Trinajstić information content (AvgIpc) is 2.87. The topological polar surface area (TPSA) is 94.0 Å². The first-order valence-corrected chi connectivity index (χ1v) is 6.88. The van der Waals surface area contributed by atoms with Crippen molar-refractivity contribution in [1.82, 2.24) is 14.8 Å². The average molecular weight is 293 g/mol. The van der Waals surface area contributed by atoms with Crippen molar-refractivity contribution in [3.05, 3.63) is 30.1 Å². The van der Waals surface area contributed by atoms with E-state index in [1.54, 1.807) is 17.3 Å². The van der Waals surface area contributed by atoms with E-state index in [2.05, 4.69) is 4.98 Å². The number of β-amino-alcohol motifs (C(OH)–C–C–N with tert-alkyl or cyclic N) is 1. The van der Waals surface area contributed by atoms with Gasteiger partial charge < -0.3 is 20.0 Å². The summed E-state index contributed by atoms with van der Waals surface area (Å²) in [5.74, 6) is -1.08. The Morgan fingerprint density at radius 3 is 2.67 bits per heavy atom. The van der Waals surface area contributed by atoms with E-state index < -0.39 is 18.1 Å². The van der Waals surface area contributed by atoms with Crippen LogP contribution in [0.3, 0.4) is 0 Å². The lowest BCUT2D eigenvalue weighted by atomic mass is 10.2. The number of carbonyl (C=O) groups is 2. The van der Waals surface area contributed by atoms with Gasteiger partial charge in [0.05, 0.1) is 6.10 Å². The predicted molar refractivity (Wildman–Crippen MR) is 74.5 cm³/mol. The maximum Gasteiger partial charge on any atom is 0.326 e. The number of urea groups is 1. The van der Waals surface area contributed by atoms with Crippen molar-refractivity contribution in [1.29, 1.82) is 0 Å². The Labute approximate surface area is 122 Å². The molecule has 0 spiro atoms. The molecule has 7 nitrogen and oxygen atoms in total. The lowest BCUT2D eigenvalue weighted by molar-refractivity contribution is -0.141. The molecular weight excluding hydrogens is 274 g/mol. The number of aliphatic hydroxyl groups is 1. The van der Waals surface area contributed by atoms with E-state index in [-0.39, 0.29) is 19.0 Å². The molecule has 2 heterocycles. The van der Waals surface area contributed by atoms with Crippen molar-refractivity contribution in [2.24, 2.45) is 0 Å². The molecule has 2 rings (SSSR count). The summed E-state index contributed by atoms with van der Waals surface area (Å²) in [5.41, 5.74) is 0.923. The largest absolute Gasteiger partial charge is 0.480 e. The van der Waals surface area contributed by atoms with Crippen LogP contribution in [0.1, 0.15) is 18.9 Å². The van der Waals surface area contributed by atoms with E-state index in [4.69, 9.17) is 5.11 Å². The summed E-state index contributed by atoms with van der Waals surface area (Å²) in [6.45, 7) is 2.74. The Balaban J connectivity index is 2.10. The maximum absolute atomic E-state index is 12.5. The summed E-state index contributed by atoms with van der Waals surface area (Å²) in [6.07, 6.45) is 2.59. The number of amides is 2. The van der Waals surface area contributed by atoms with Crippen LogP contribution in [-0.4, -0.2) is 62.2 Å². The quantitative estimate of drug-likeness (QED) is 0.845. The first-order valence-electron chi connectivity index (χ1n) is 6.88. The highest BCUT2D eigenvalue weighted by atomic mass is 16.4. The number of hydrogen-bond acceptors (Lipinski definition) is 4. The number of carboxylic acids is 1. The molecule has 0 aromatic carbocycles. The maximum atomic E-state index is 12.5. The molecule has 0 radical (unpaired) electrons. The molecule has 7 heteroatoms. The Morgan fingerprint density at radius 1 is 1.43 bits per heavy atom. The van der Waals surface area contributed by atoms with Crippen LogP contribution in [0.15, 0.2) is 24.5 Å². The van der Waals surface area contributed by atoms with Crippen LogP contribution in [0.25, 0.3) is 0 Å². The lowest BCUT2D eigenvalue weighted by Gasteiger charge is -2.29. The monoisotopic (exact) mass is 293 g/mol. The molecule has 2 N–H and O–H groups in total. The highest BCUT2D eigenvalue weighted by Crippen LogP contribution is 2.20. The zero-order valence-electron chi connectivity index (χ0n) is 11.8. The minimum absolute atomic E-state index is 0.0582. The van der Waals surface area contributed by atoms with Crippen molar-refractivity contribution in [3.8, 4) is 0 Å². The van der Waals surface area contributed by atoms with E-state index in [1.165, 1.54) is 4.90 Å². The fourth-order valence-electron chi connectivity index (χ4n) is 2.46. The van der Waals surface area contributed by atoms with Gasteiger partial charge in [0.1, 0.15) is 6.04 Å². The predicted octanol–water partition coefficient (Wildman–Crippen LogP) is 0.543. The van der Waals surface area contributed by atoms with Gasteiger partial charge >= 0.3 is 12.0 Å². The normalized spacial score (nSPS) is 21.3. The van der Waals surface area contributed by atoms with Crippen molar-refractivity contribution in [2.45, 2.75) is 32.0 Å². The third kappa shape index (κ3) is 3.49. The van der Waals surface area contributed by atoms with Gasteiger partial charge in [0.25, 0.3) is 0 Å². The number of carboxylic acid groups (broad SMARTS) is 1. The molecule has 0 saturated carbocycles. The van der Waals surface area contributed by atoms with Crippen LogP contribution in [-0.2, 0) is 11.3 Å². The first-order chi connectivity index (χ1) is 10.0. The van der Waals surface area contributed by atoms with Gasteiger partial charge in [-0.15, -0.1) is 0 Å². The third-order valence-corrected chi connectivity index (χ3v) is 3.58. The SMILES string of the molecule is CCN(Cc1ccncc1)C(=O)N1C[C@@H](O)C[C@H]1C(=O)O. The highest BCUT2D eigenvalue weighted by Gasteiger charge is 2.40. The summed E-state index contributed by atoms with van der Waals surface area (Å²) in [6, 6.07) is 2.30. The standard InChI is InChI=1S/C14H19N3O4/c1-2-16(8-10-3-5-15-6-4-10)14(21)17-9-11(18)7-12(17)13(19)20/h3-6,11-12,18H,2,7-9H2,1H3,(H,19,20)/t11-,12-/m0/s1. The van der Waals surface area contributed by atoms with E-state index in [0.717, 1.165) is 5.56 Å². The number of rotatable bonds is 4. The number of aliphatic carboxylic acids is 1. The molecule has 1 aromatic heterocycles. The molecule has 1 fully saturated rings. The Morgan fingerprint density at radius 2 is 2.10 bits per heavy atom. The van der Waals surface area contributed by atoms with Gasteiger partial charge in [0, 0.05) is 38.4 Å². The summed E-state index contributed by atoms with van der Waals surface area (Å²) in [4.78, 5) is 30.4. The zero-order valence-corrected chi connectivity index (χ0v) is 11.8. The van der Waals surface area contributed by atoms with Crippen molar-refractivity contribution in [2.75, 3.05) is 13.1 Å². The van der Waals surface area contributed by atoms with Gasteiger partial charge in [-0.1, -0.05) is 0 Å². The second kappa shape index (κ2) is 6.53. The van der Waals surface area contributed by atoms with E-state index in [1.807, 2.05) is 19.1 Å². The molecule has 0 aliphatic carbocycles. The Bertz CT molecular complexity index is 508. The molecule has 114 valence electrons. The molecule has 1 saturated heterocycles. The third-order valence-electron chi connectivity index (χ3n) is 3.58. The second-order valence-corrected chi connectivity index (χ2v) is 5.05. The van der Waals surface area contributed by atoms with Crippen LogP contribution < -0.4 is 0 Å². The minimum Gasteiger partial charge on any atom is -0.480 e. The molecule has 1 aliphatic heterocycles. The molecule has 2 atom stereocenters. The molecule has 1 aromatic rings. The van der Waals surface area contributed by atoms with Gasteiger partial charge in [-0.3, -0.25) is 4.98 Å². The molecule has 0 unspecified atom stereocenters. The molecule has 21 heavy (non-hydrogen) atoms. The van der Waals surface area contributed by atoms with Crippen LogP contribution in [0.2, 0.25) is 0 Å². The Kier molecular flexibility index (Phi) is 4.74. The summed E-state index contributed by atoms with van der Waals surface area (Å²) in [5, 5.41) is 18.8. The summed E-state index contributed by atoms with van der Waals surface area (Å²) >= 11 is 0. The van der Waals surface area contributed by atoms with Crippen molar-refractivity contribution >= 4 is 12.0 Å². The van der Waals surface area contributed by atoms with Crippen molar-refractivity contribution in [3.63, 3.8) is 0 Å². The van der Waals surface area contributed by atoms with Crippen LogP contribution in [0.5, 0.6) is 0 Å². The number of likely N-dealkylation sites (tertiary alicyclic amines) is 1. The smallest absolute Gasteiger partial charge is 0.326 e. The van der Waals surface area contributed by atoms with Gasteiger partial charge in [-0.2, -0.15) is 0 Å². The first kappa shape index (κ1) is 15.2. The van der Waals surface area contributed by atoms with Gasteiger partial charge in [-0.25, -0.2) is 9.59 Å². The molecule has 2 amide bonds. The van der Waals surface area contributed by atoms with Crippen LogP contribution in [0, 0.1) is 0 Å². The number of nitrogens with zero attached hydrogens (tertiary/aromatic N) is 3. The fourth-order valence-corrected chi connectivity index (χ4v) is 2.46. The molecular formula is C14H19N3O4. The van der Waals surface area contributed by atoms with Crippen LogP contribution >= 0.6 is 0 Å². The van der Waals surface area contributed by atoms with Crippen molar-refractivity contribution < 1.29 is 19.8 Å². The van der Waals surface area contributed by atoms with Gasteiger partial charge in [-0.05, 0) is 24.6 Å². The van der Waals surface area contributed by atoms with Crippen LogP contribution in [0.4, 0.5) is 4.79 Å². The number of hydrogen-bond donors (Lipinski definition) is 2. The van der Waals surface area contributed by atoms with E-state index >= 15 is 0 Å². The summed E-state index contributed by atoms with van der Waals surface area (Å²) in [7, 11) is 0. The highest BCUT2D eigenvalue weighted by molar-refractivity contribution is 5.83. The van der Waals surface area contributed by atoms with Gasteiger partial charge in [0.2, 0.25) is 0 Å². The molecule has 1 aliphatic rings. The molecule has 0 bridgehead atoms. The van der Waals surface area contributed by atoms with E-state index in [9.17, 15) is 14.7 Å². The zero-order chi connectivity index (χ0) is 15.4.